The Hall–Kier alpha value is -0.450. The predicted molar refractivity (Wildman–Crippen MR) is 80.9 cm³/mol. The van der Waals surface area contributed by atoms with Gasteiger partial charge in [-0.25, -0.2) is 4.98 Å². The molecule has 3 nitrogen and oxygen atoms in total. The van der Waals surface area contributed by atoms with Crippen molar-refractivity contribution >= 4 is 11.3 Å². The number of ether oxygens (including phenoxy) is 1. The zero-order valence-electron chi connectivity index (χ0n) is 12.2. The number of aromatic nitrogens is 1. The molecule has 2 rings (SSSR count). The third kappa shape index (κ3) is 4.26. The molecule has 0 radical (unpaired) electrons. The van der Waals surface area contributed by atoms with Crippen LogP contribution in [0.25, 0.3) is 0 Å². The van der Waals surface area contributed by atoms with E-state index in [2.05, 4.69) is 12.2 Å². The second kappa shape index (κ2) is 7.98. The van der Waals surface area contributed by atoms with Gasteiger partial charge in [0, 0.05) is 31.0 Å². The molecule has 1 saturated carbocycles. The van der Waals surface area contributed by atoms with Crippen LogP contribution >= 0.6 is 11.3 Å². The van der Waals surface area contributed by atoms with Gasteiger partial charge in [-0.1, -0.05) is 26.2 Å². The molecule has 0 atom stereocenters. The van der Waals surface area contributed by atoms with Crippen LogP contribution < -0.4 is 5.32 Å². The highest BCUT2D eigenvalue weighted by atomic mass is 32.1. The van der Waals surface area contributed by atoms with Crippen molar-refractivity contribution in [3.63, 3.8) is 0 Å². The van der Waals surface area contributed by atoms with E-state index < -0.39 is 0 Å². The van der Waals surface area contributed by atoms with Crippen LogP contribution in [0.5, 0.6) is 0 Å². The molecule has 0 aliphatic heterocycles. The highest BCUT2D eigenvalue weighted by Gasteiger charge is 2.20. The van der Waals surface area contributed by atoms with Crippen LogP contribution in [0, 0.1) is 0 Å². The summed E-state index contributed by atoms with van der Waals surface area (Å²) in [5, 5.41) is 4.83. The molecule has 108 valence electrons. The molecule has 1 fully saturated rings. The third-order valence-electron chi connectivity index (χ3n) is 3.85. The molecule has 1 aliphatic rings. The first-order valence-electron chi connectivity index (χ1n) is 7.53. The summed E-state index contributed by atoms with van der Waals surface area (Å²) in [6.07, 6.45) is 7.90. The van der Waals surface area contributed by atoms with Gasteiger partial charge in [-0.3, -0.25) is 0 Å². The van der Waals surface area contributed by atoms with Gasteiger partial charge < -0.3 is 10.1 Å². The fourth-order valence-corrected chi connectivity index (χ4v) is 4.01. The summed E-state index contributed by atoms with van der Waals surface area (Å²) in [6.45, 7) is 4.83. The smallest absolute Gasteiger partial charge is 0.0962 e. The summed E-state index contributed by atoms with van der Waals surface area (Å²) < 4.78 is 5.06. The van der Waals surface area contributed by atoms with Crippen molar-refractivity contribution < 1.29 is 4.74 Å². The van der Waals surface area contributed by atoms with Crippen molar-refractivity contribution in [2.75, 3.05) is 20.3 Å². The predicted octanol–water partition coefficient (Wildman–Crippen LogP) is 3.49. The van der Waals surface area contributed by atoms with Crippen molar-refractivity contribution in [2.45, 2.75) is 57.9 Å². The van der Waals surface area contributed by atoms with Crippen LogP contribution in [0.3, 0.4) is 0 Å². The molecule has 0 aromatic carbocycles. The van der Waals surface area contributed by atoms with E-state index in [0.717, 1.165) is 32.0 Å². The van der Waals surface area contributed by atoms with E-state index >= 15 is 0 Å². The maximum Gasteiger partial charge on any atom is 0.0962 e. The SMILES string of the molecule is CCc1nc(C2CCCCC2)sc1CNCCOC. The highest BCUT2D eigenvalue weighted by Crippen LogP contribution is 2.36. The van der Waals surface area contributed by atoms with Crippen LogP contribution in [0.2, 0.25) is 0 Å². The molecule has 1 aromatic rings. The maximum absolute atomic E-state index is 5.06. The summed E-state index contributed by atoms with van der Waals surface area (Å²) in [5.41, 5.74) is 1.30. The second-order valence-electron chi connectivity index (χ2n) is 5.28. The molecule has 1 aliphatic carbocycles. The molecule has 1 N–H and O–H groups in total. The number of nitrogens with one attached hydrogen (secondary N) is 1. The van der Waals surface area contributed by atoms with Crippen molar-refractivity contribution in [3.05, 3.63) is 15.6 Å². The number of hydrogen-bond acceptors (Lipinski definition) is 4. The number of nitrogens with zero attached hydrogens (tertiary/aromatic N) is 1. The first-order valence-corrected chi connectivity index (χ1v) is 8.35. The van der Waals surface area contributed by atoms with Gasteiger partial charge in [0.15, 0.2) is 0 Å². The summed E-state index contributed by atoms with van der Waals surface area (Å²) in [4.78, 5) is 6.33. The van der Waals surface area contributed by atoms with Gasteiger partial charge >= 0.3 is 0 Å². The van der Waals surface area contributed by atoms with Crippen molar-refractivity contribution in [1.29, 1.82) is 0 Å². The van der Waals surface area contributed by atoms with Gasteiger partial charge in [0.1, 0.15) is 0 Å². The highest BCUT2D eigenvalue weighted by molar-refractivity contribution is 7.11. The third-order valence-corrected chi connectivity index (χ3v) is 5.11. The molecule has 0 bridgehead atoms. The summed E-state index contributed by atoms with van der Waals surface area (Å²) in [6, 6.07) is 0. The fraction of sp³-hybridized carbons (Fsp3) is 0.800. The van der Waals surface area contributed by atoms with Crippen molar-refractivity contribution in [2.24, 2.45) is 0 Å². The second-order valence-corrected chi connectivity index (χ2v) is 6.40. The molecule has 1 heterocycles. The minimum atomic E-state index is 0.733. The molecule has 0 spiro atoms. The van der Waals surface area contributed by atoms with E-state index in [-0.39, 0.29) is 0 Å². The average Bonchev–Trinajstić information content (AvgIpc) is 2.88. The van der Waals surface area contributed by atoms with Crippen LogP contribution in [0.4, 0.5) is 0 Å². The minimum absolute atomic E-state index is 0.733. The zero-order valence-corrected chi connectivity index (χ0v) is 13.0. The summed E-state index contributed by atoms with van der Waals surface area (Å²) in [7, 11) is 1.74. The monoisotopic (exact) mass is 282 g/mol. The zero-order chi connectivity index (χ0) is 13.5. The fourth-order valence-electron chi connectivity index (χ4n) is 2.72. The molecular formula is C15H26N2OS. The number of methoxy groups -OCH3 is 1. The summed E-state index contributed by atoms with van der Waals surface area (Å²) >= 11 is 1.93. The Labute approximate surface area is 120 Å². The molecule has 0 saturated heterocycles. The topological polar surface area (TPSA) is 34.2 Å². The lowest BCUT2D eigenvalue weighted by Gasteiger charge is -2.18. The Morgan fingerprint density at radius 1 is 1.32 bits per heavy atom. The molecule has 1 aromatic heterocycles. The van der Waals surface area contributed by atoms with E-state index in [9.17, 15) is 0 Å². The van der Waals surface area contributed by atoms with E-state index in [1.807, 2.05) is 11.3 Å². The van der Waals surface area contributed by atoms with Crippen molar-refractivity contribution in [1.82, 2.24) is 10.3 Å². The van der Waals surface area contributed by atoms with Gasteiger partial charge in [0.2, 0.25) is 0 Å². The molecule has 4 heteroatoms. The molecule has 0 amide bonds. The number of hydrogen-bond donors (Lipinski definition) is 1. The number of rotatable bonds is 7. The molecule has 0 unspecified atom stereocenters. The maximum atomic E-state index is 5.06. The lowest BCUT2D eigenvalue weighted by Crippen LogP contribution is -2.18. The van der Waals surface area contributed by atoms with E-state index in [4.69, 9.17) is 9.72 Å². The van der Waals surface area contributed by atoms with Gasteiger partial charge in [0.25, 0.3) is 0 Å². The van der Waals surface area contributed by atoms with E-state index in [1.165, 1.54) is 47.7 Å². The Morgan fingerprint density at radius 2 is 2.11 bits per heavy atom. The minimum Gasteiger partial charge on any atom is -0.383 e. The van der Waals surface area contributed by atoms with Gasteiger partial charge in [-0.2, -0.15) is 0 Å². The standard InChI is InChI=1S/C15H26N2OS/c1-3-13-14(11-16-9-10-18-2)19-15(17-13)12-7-5-4-6-8-12/h12,16H,3-11H2,1-2H3. The molecule has 19 heavy (non-hydrogen) atoms. The number of thiazole rings is 1. The van der Waals surface area contributed by atoms with Gasteiger partial charge in [-0.15, -0.1) is 11.3 Å². The van der Waals surface area contributed by atoms with Crippen LogP contribution in [0.1, 0.15) is 60.5 Å². The van der Waals surface area contributed by atoms with Crippen LogP contribution in [0.15, 0.2) is 0 Å². The molecular weight excluding hydrogens is 256 g/mol. The van der Waals surface area contributed by atoms with Gasteiger partial charge in [0.05, 0.1) is 17.3 Å². The van der Waals surface area contributed by atoms with E-state index in [0.29, 0.717) is 0 Å². The Morgan fingerprint density at radius 3 is 2.79 bits per heavy atom. The Bertz CT molecular complexity index is 372. The quantitative estimate of drug-likeness (QED) is 0.777. The normalized spacial score (nSPS) is 16.9. The van der Waals surface area contributed by atoms with Crippen LogP contribution in [-0.2, 0) is 17.7 Å². The van der Waals surface area contributed by atoms with E-state index in [1.54, 1.807) is 7.11 Å². The average molecular weight is 282 g/mol. The lowest BCUT2D eigenvalue weighted by molar-refractivity contribution is 0.199. The summed E-state index contributed by atoms with van der Waals surface area (Å²) in [5.74, 6) is 0.733. The Kier molecular flexibility index (Phi) is 6.28. The number of aryl methyl sites for hydroxylation is 1. The Balaban J connectivity index is 1.95. The largest absolute Gasteiger partial charge is 0.383 e. The van der Waals surface area contributed by atoms with Gasteiger partial charge in [-0.05, 0) is 19.3 Å². The lowest BCUT2D eigenvalue weighted by atomic mass is 9.90. The van der Waals surface area contributed by atoms with Crippen LogP contribution in [-0.4, -0.2) is 25.2 Å². The first-order chi connectivity index (χ1) is 9.35. The first kappa shape index (κ1) is 14.9. The van der Waals surface area contributed by atoms with Crippen molar-refractivity contribution in [3.8, 4) is 0 Å².